The van der Waals surface area contributed by atoms with Crippen molar-refractivity contribution < 1.29 is 0 Å². The number of halogens is 2. The minimum absolute atomic E-state index is 0.823. The maximum absolute atomic E-state index is 8.01. The zero-order chi connectivity index (χ0) is 20.5. The third-order valence-electron chi connectivity index (χ3n) is 5.20. The zero-order valence-electron chi connectivity index (χ0n) is 16.5. The van der Waals surface area contributed by atoms with E-state index in [1.807, 2.05) is 8.59 Å². The van der Waals surface area contributed by atoms with Gasteiger partial charge in [-0.1, -0.05) is 0 Å². The second-order valence-corrected chi connectivity index (χ2v) is 13.0. The maximum Gasteiger partial charge on any atom is -0.0393 e. The van der Waals surface area contributed by atoms with Gasteiger partial charge in [-0.25, -0.2) is 0 Å². The summed E-state index contributed by atoms with van der Waals surface area (Å²) < 4.78 is 2.50. The summed E-state index contributed by atoms with van der Waals surface area (Å²) in [4.78, 5) is 0. The predicted molar refractivity (Wildman–Crippen MR) is 134 cm³/mol. The molecule has 0 heterocycles. The van der Waals surface area contributed by atoms with Gasteiger partial charge in [0.05, 0.1) is 0 Å². The molecule has 0 aromatic heterocycles. The maximum atomic E-state index is 8.01. The van der Waals surface area contributed by atoms with Gasteiger partial charge in [-0.2, -0.15) is 0 Å². The second kappa shape index (κ2) is 10.7. The van der Waals surface area contributed by atoms with Crippen LogP contribution in [0.25, 0.3) is 0 Å². The zero-order valence-corrected chi connectivity index (χ0v) is 20.1. The predicted octanol–water partition coefficient (Wildman–Crippen LogP) is 6.82. The van der Waals surface area contributed by atoms with Crippen molar-refractivity contribution in [3.05, 3.63) is 96.6 Å². The van der Waals surface area contributed by atoms with Gasteiger partial charge in [-0.15, -0.1) is 11.2 Å². The first-order valence-electron chi connectivity index (χ1n) is 9.48. The molecule has 5 heteroatoms. The molecular weight excluding hydrogens is 423 g/mol. The molecule has 0 aliphatic rings. The molecule has 0 aliphatic carbocycles. The fraction of sp³-hybridized carbons (Fsp3) is 0.217. The minimum atomic E-state index is -3.12. The van der Waals surface area contributed by atoms with Crippen molar-refractivity contribution in [3.63, 3.8) is 0 Å². The van der Waals surface area contributed by atoms with Gasteiger partial charge in [0, 0.05) is 0 Å². The van der Waals surface area contributed by atoms with E-state index in [2.05, 4.69) is 121 Å². The van der Waals surface area contributed by atoms with Crippen molar-refractivity contribution in [2.75, 3.05) is 13.1 Å². The molecule has 1 atom stereocenters. The van der Waals surface area contributed by atoms with Crippen LogP contribution < -0.4 is 10.6 Å². The first kappa shape index (κ1) is 23.3. The molecule has 1 nitrogen and oxygen atoms in total. The Labute approximate surface area is 181 Å². The molecular formula is C23H29Cl2NP2. The van der Waals surface area contributed by atoms with E-state index in [4.69, 9.17) is 11.2 Å². The van der Waals surface area contributed by atoms with Crippen LogP contribution in [-0.2, 0) is 6.16 Å². The van der Waals surface area contributed by atoms with E-state index in [0.717, 1.165) is 19.3 Å². The number of benzene rings is 3. The summed E-state index contributed by atoms with van der Waals surface area (Å²) in [6.45, 7) is 6.25. The molecule has 1 unspecified atom stereocenters. The van der Waals surface area contributed by atoms with E-state index in [1.165, 1.54) is 16.2 Å². The quantitative estimate of drug-likeness (QED) is 0.356. The normalized spacial score (nSPS) is 12.6. The van der Waals surface area contributed by atoms with Crippen molar-refractivity contribution in [2.24, 2.45) is 0 Å². The summed E-state index contributed by atoms with van der Waals surface area (Å²) in [5.41, 5.74) is 1.28. The van der Waals surface area contributed by atoms with Crippen molar-refractivity contribution >= 4 is 47.8 Å². The Morgan fingerprint density at radius 2 is 1.04 bits per heavy atom. The van der Waals surface area contributed by atoms with Crippen molar-refractivity contribution in [1.82, 2.24) is 4.67 Å². The van der Waals surface area contributed by atoms with E-state index in [9.17, 15) is 0 Å². The van der Waals surface area contributed by atoms with Crippen LogP contribution in [0.5, 0.6) is 0 Å². The molecule has 3 rings (SSSR count). The Bertz CT molecular complexity index is 785. The Balaban J connectivity index is 0.00000136. The van der Waals surface area contributed by atoms with Gasteiger partial charge in [-0.05, 0) is 8.59 Å². The van der Waals surface area contributed by atoms with Crippen LogP contribution in [0.15, 0.2) is 91.0 Å². The molecule has 0 aliphatic heterocycles. The van der Waals surface area contributed by atoms with E-state index in [-0.39, 0.29) is 0 Å². The molecule has 0 spiro atoms. The molecule has 0 N–H and O–H groups in total. The van der Waals surface area contributed by atoms with Crippen LogP contribution in [0.4, 0.5) is 0 Å². The van der Waals surface area contributed by atoms with Crippen molar-refractivity contribution in [2.45, 2.75) is 20.0 Å². The Morgan fingerprint density at radius 1 is 0.679 bits per heavy atom. The van der Waals surface area contributed by atoms with Crippen LogP contribution in [0, 0.1) is 0 Å². The van der Waals surface area contributed by atoms with Crippen molar-refractivity contribution in [3.8, 4) is 0 Å². The molecule has 0 saturated heterocycles. The summed E-state index contributed by atoms with van der Waals surface area (Å²) >= 11 is 12.6. The van der Waals surface area contributed by atoms with Gasteiger partial charge in [0.25, 0.3) is 0 Å². The van der Waals surface area contributed by atoms with Crippen molar-refractivity contribution in [1.29, 1.82) is 0 Å². The van der Waals surface area contributed by atoms with Gasteiger partial charge in [-0.3, -0.25) is 0 Å². The molecule has 0 bridgehead atoms. The number of nitrogens with zero attached hydrogens (tertiary/aromatic N) is 1. The van der Waals surface area contributed by atoms with E-state index in [0.29, 0.717) is 0 Å². The third-order valence-corrected chi connectivity index (χ3v) is 12.7. The average Bonchev–Trinajstić information content (AvgIpc) is 2.78. The van der Waals surface area contributed by atoms with Gasteiger partial charge in [0.2, 0.25) is 0 Å². The molecule has 3 aromatic carbocycles. The summed E-state index contributed by atoms with van der Waals surface area (Å²) in [6.07, 6.45) is -2.30. The van der Waals surface area contributed by atoms with Gasteiger partial charge < -0.3 is 0 Å². The van der Waals surface area contributed by atoms with Crippen LogP contribution in [0.3, 0.4) is 0 Å². The first-order chi connectivity index (χ1) is 13.6. The summed E-state index contributed by atoms with van der Waals surface area (Å²) in [6, 6.07) is 32.1. The van der Waals surface area contributed by atoms with Gasteiger partial charge >= 0.3 is 162 Å². The van der Waals surface area contributed by atoms with Crippen LogP contribution in [-0.4, -0.2) is 17.8 Å². The average molecular weight is 452 g/mol. The van der Waals surface area contributed by atoms with Crippen LogP contribution in [0.2, 0.25) is 0 Å². The largest absolute Gasteiger partial charge is 0.104 e. The smallest absolute Gasteiger partial charge is 0.0393 e. The third kappa shape index (κ3) is 4.46. The fourth-order valence-corrected chi connectivity index (χ4v) is 10.8. The van der Waals surface area contributed by atoms with Crippen LogP contribution in [0.1, 0.15) is 19.4 Å². The molecule has 3 aromatic rings. The Kier molecular flexibility index (Phi) is 8.94. The molecule has 0 amide bonds. The SMILES string of the molecule is CCN(CC)P(Cl)(Cc1ccccc1)(c1ccccc1)c1ccccc1.PCl. The minimum Gasteiger partial charge on any atom is -0.104 e. The number of rotatable bonds is 7. The molecule has 0 radical (unpaired) electrons. The molecule has 150 valence electrons. The van der Waals surface area contributed by atoms with E-state index < -0.39 is 6.11 Å². The second-order valence-electron chi connectivity index (χ2n) is 6.59. The number of hydrogen-bond donors (Lipinski definition) is 0. The topological polar surface area (TPSA) is 3.24 Å². The van der Waals surface area contributed by atoms with Crippen LogP contribution >= 0.6 is 37.2 Å². The molecule has 0 saturated carbocycles. The molecule has 0 fully saturated rings. The standard InChI is InChI=1S/C23H27ClNP.ClH2P/c1-3-25(4-2)26(24,22-16-10-6-11-17-22,23-18-12-7-13-19-23)20-21-14-8-5-9-15-21;1-2/h5-19H,3-4,20H2,1-2H3;2H2. The number of hydrogen-bond acceptors (Lipinski definition) is 1. The Hall–Kier alpha value is -0.940. The van der Waals surface area contributed by atoms with Gasteiger partial charge in [0.1, 0.15) is 0 Å². The van der Waals surface area contributed by atoms with Gasteiger partial charge in [0.15, 0.2) is 0 Å². The Morgan fingerprint density at radius 3 is 1.39 bits per heavy atom. The molecule has 28 heavy (non-hydrogen) atoms. The summed E-state index contributed by atoms with van der Waals surface area (Å²) in [5.74, 6) is 0. The summed E-state index contributed by atoms with van der Waals surface area (Å²) in [5, 5.41) is 2.47. The monoisotopic (exact) mass is 451 g/mol. The van der Waals surface area contributed by atoms with E-state index in [1.54, 1.807) is 0 Å². The first-order valence-corrected chi connectivity index (χ1v) is 14.5. The van der Waals surface area contributed by atoms with E-state index >= 15 is 0 Å². The summed E-state index contributed by atoms with van der Waals surface area (Å²) in [7, 11) is 1.89. The fourth-order valence-electron chi connectivity index (χ4n) is 3.95.